The van der Waals surface area contributed by atoms with Crippen molar-refractivity contribution in [2.45, 2.75) is 52.4 Å². The Morgan fingerprint density at radius 3 is 2.41 bits per heavy atom. The molecule has 1 saturated heterocycles. The minimum absolute atomic E-state index is 0.312. The summed E-state index contributed by atoms with van der Waals surface area (Å²) in [5.74, 6) is 0. The van der Waals surface area contributed by atoms with E-state index in [0.29, 0.717) is 0 Å². The fourth-order valence-electron chi connectivity index (χ4n) is 2.56. The van der Waals surface area contributed by atoms with Crippen molar-refractivity contribution in [2.75, 3.05) is 0 Å². The van der Waals surface area contributed by atoms with Crippen LogP contribution >= 0.6 is 0 Å². The number of hydrogen-bond donors (Lipinski definition) is 0. The summed E-state index contributed by atoms with van der Waals surface area (Å²) < 4.78 is 14.3. The van der Waals surface area contributed by atoms with Crippen molar-refractivity contribution in [1.29, 1.82) is 0 Å². The Labute approximate surface area is 132 Å². The molecule has 116 valence electrons. The number of rotatable bonds is 3. The van der Waals surface area contributed by atoms with E-state index in [4.69, 9.17) is 9.31 Å². The maximum Gasteiger partial charge on any atom is 0.494 e. The van der Waals surface area contributed by atoms with Crippen LogP contribution in [0.15, 0.2) is 36.9 Å². The highest BCUT2D eigenvalue weighted by molar-refractivity contribution is 6.62. The van der Waals surface area contributed by atoms with Crippen molar-refractivity contribution >= 4 is 12.6 Å². The lowest BCUT2D eigenvalue weighted by atomic mass is 9.78. The van der Waals surface area contributed by atoms with Crippen LogP contribution in [-0.4, -0.2) is 27.9 Å². The van der Waals surface area contributed by atoms with Gasteiger partial charge in [-0.25, -0.2) is 4.98 Å². The van der Waals surface area contributed by atoms with E-state index < -0.39 is 0 Å². The van der Waals surface area contributed by atoms with Gasteiger partial charge in [0.25, 0.3) is 0 Å². The molecule has 0 unspecified atom stereocenters. The second kappa shape index (κ2) is 5.25. The van der Waals surface area contributed by atoms with Crippen molar-refractivity contribution in [1.82, 2.24) is 9.55 Å². The molecule has 2 aromatic rings. The summed E-state index contributed by atoms with van der Waals surface area (Å²) in [7, 11) is -0.313. The number of hydrogen-bond acceptors (Lipinski definition) is 3. The molecule has 1 aliphatic rings. The van der Waals surface area contributed by atoms with Crippen molar-refractivity contribution in [3.63, 3.8) is 0 Å². The lowest BCUT2D eigenvalue weighted by Gasteiger charge is -2.32. The van der Waals surface area contributed by atoms with Crippen LogP contribution in [0.2, 0.25) is 0 Å². The van der Waals surface area contributed by atoms with E-state index in [-0.39, 0.29) is 18.3 Å². The van der Waals surface area contributed by atoms with Gasteiger partial charge in [-0.3, -0.25) is 0 Å². The maximum atomic E-state index is 6.14. The molecule has 0 aliphatic carbocycles. The van der Waals surface area contributed by atoms with Crippen molar-refractivity contribution in [3.05, 3.63) is 48.0 Å². The highest BCUT2D eigenvalue weighted by atomic mass is 16.7. The molecule has 1 fully saturated rings. The number of aromatic nitrogens is 2. The van der Waals surface area contributed by atoms with E-state index >= 15 is 0 Å². The Balaban J connectivity index is 1.87. The molecule has 22 heavy (non-hydrogen) atoms. The zero-order valence-corrected chi connectivity index (χ0v) is 14.0. The van der Waals surface area contributed by atoms with Gasteiger partial charge in [-0.1, -0.05) is 18.2 Å². The van der Waals surface area contributed by atoms with Gasteiger partial charge in [0.2, 0.25) is 0 Å². The number of aryl methyl sites for hydroxylation is 1. The number of imidazole rings is 1. The third-order valence-corrected chi connectivity index (χ3v) is 4.81. The zero-order chi connectivity index (χ0) is 16.0. The summed E-state index contributed by atoms with van der Waals surface area (Å²) in [4.78, 5) is 4.10. The molecule has 3 rings (SSSR count). The zero-order valence-electron chi connectivity index (χ0n) is 14.0. The lowest BCUT2D eigenvalue weighted by Crippen LogP contribution is -2.41. The highest BCUT2D eigenvalue weighted by Gasteiger charge is 2.51. The molecule has 0 atom stereocenters. The molecule has 1 aromatic carbocycles. The largest absolute Gasteiger partial charge is 0.494 e. The average molecular weight is 298 g/mol. The molecule has 0 N–H and O–H groups in total. The van der Waals surface area contributed by atoms with Crippen LogP contribution in [0.4, 0.5) is 0 Å². The standard InChI is InChI=1S/C17H23BN2O2/c1-13-6-7-15(10-14(13)11-20-9-8-19-12-20)18-21-16(2,3)17(4,5)22-18/h6-10,12H,11H2,1-5H3. The summed E-state index contributed by atoms with van der Waals surface area (Å²) >= 11 is 0. The SMILES string of the molecule is Cc1ccc(B2OC(C)(C)C(C)(C)O2)cc1Cn1ccnc1. The molecule has 0 spiro atoms. The smallest absolute Gasteiger partial charge is 0.399 e. The summed E-state index contributed by atoms with van der Waals surface area (Å²) in [6, 6.07) is 6.40. The lowest BCUT2D eigenvalue weighted by molar-refractivity contribution is 0.00578. The first-order chi connectivity index (χ1) is 10.3. The van der Waals surface area contributed by atoms with Gasteiger partial charge >= 0.3 is 7.12 Å². The monoisotopic (exact) mass is 298 g/mol. The van der Waals surface area contributed by atoms with Gasteiger partial charge in [-0.15, -0.1) is 0 Å². The quantitative estimate of drug-likeness (QED) is 0.817. The second-order valence-electron chi connectivity index (χ2n) is 7.01. The first kappa shape index (κ1) is 15.3. The Morgan fingerprint density at radius 2 is 1.82 bits per heavy atom. The third-order valence-electron chi connectivity index (χ3n) is 4.81. The predicted octanol–water partition coefficient (Wildman–Crippen LogP) is 2.54. The number of nitrogens with zero attached hydrogens (tertiary/aromatic N) is 2. The topological polar surface area (TPSA) is 36.3 Å². The van der Waals surface area contributed by atoms with Gasteiger partial charge in [0.05, 0.1) is 17.5 Å². The molecule has 4 nitrogen and oxygen atoms in total. The normalized spacial score (nSPS) is 19.6. The Bertz CT molecular complexity index is 649. The van der Waals surface area contributed by atoms with Crippen LogP contribution in [-0.2, 0) is 15.9 Å². The first-order valence-corrected chi connectivity index (χ1v) is 7.69. The van der Waals surface area contributed by atoms with Crippen LogP contribution in [0, 0.1) is 6.92 Å². The Hall–Kier alpha value is -1.59. The van der Waals surface area contributed by atoms with Gasteiger partial charge in [-0.2, -0.15) is 0 Å². The van der Waals surface area contributed by atoms with Crippen LogP contribution in [0.5, 0.6) is 0 Å². The molecule has 0 saturated carbocycles. The molecule has 0 bridgehead atoms. The minimum atomic E-state index is -0.313. The average Bonchev–Trinajstić information content (AvgIpc) is 2.99. The van der Waals surface area contributed by atoms with Gasteiger partial charge in [0.1, 0.15) is 0 Å². The minimum Gasteiger partial charge on any atom is -0.399 e. The van der Waals surface area contributed by atoms with Crippen molar-refractivity contribution in [2.24, 2.45) is 0 Å². The van der Waals surface area contributed by atoms with Crippen LogP contribution in [0.3, 0.4) is 0 Å². The van der Waals surface area contributed by atoms with Crippen LogP contribution in [0.25, 0.3) is 0 Å². The molecule has 0 amide bonds. The highest BCUT2D eigenvalue weighted by Crippen LogP contribution is 2.36. The first-order valence-electron chi connectivity index (χ1n) is 7.69. The fourth-order valence-corrected chi connectivity index (χ4v) is 2.56. The van der Waals surface area contributed by atoms with E-state index in [9.17, 15) is 0 Å². The molecule has 5 heteroatoms. The van der Waals surface area contributed by atoms with Crippen molar-refractivity contribution in [3.8, 4) is 0 Å². The second-order valence-corrected chi connectivity index (χ2v) is 7.01. The van der Waals surface area contributed by atoms with E-state index in [2.05, 4.69) is 62.4 Å². The molecule has 0 radical (unpaired) electrons. The van der Waals surface area contributed by atoms with Crippen LogP contribution < -0.4 is 5.46 Å². The van der Waals surface area contributed by atoms with E-state index in [1.54, 1.807) is 6.20 Å². The summed E-state index contributed by atoms with van der Waals surface area (Å²) in [6.45, 7) is 11.2. The fraction of sp³-hybridized carbons (Fsp3) is 0.471. The van der Waals surface area contributed by atoms with Crippen molar-refractivity contribution < 1.29 is 9.31 Å². The molecule has 1 aliphatic heterocycles. The summed E-state index contributed by atoms with van der Waals surface area (Å²) in [6.07, 6.45) is 5.61. The summed E-state index contributed by atoms with van der Waals surface area (Å²) in [5.41, 5.74) is 2.96. The Kier molecular flexibility index (Phi) is 3.65. The summed E-state index contributed by atoms with van der Waals surface area (Å²) in [5, 5.41) is 0. The number of benzene rings is 1. The van der Waals surface area contributed by atoms with E-state index in [0.717, 1.165) is 12.0 Å². The molecule has 1 aromatic heterocycles. The van der Waals surface area contributed by atoms with Gasteiger partial charge in [0.15, 0.2) is 0 Å². The van der Waals surface area contributed by atoms with E-state index in [1.165, 1.54) is 11.1 Å². The maximum absolute atomic E-state index is 6.14. The molecule has 2 heterocycles. The van der Waals surface area contributed by atoms with Gasteiger partial charge in [0, 0.05) is 18.9 Å². The van der Waals surface area contributed by atoms with Crippen LogP contribution in [0.1, 0.15) is 38.8 Å². The molecular formula is C17H23BN2O2. The third kappa shape index (κ3) is 2.71. The molecular weight excluding hydrogens is 275 g/mol. The Morgan fingerprint density at radius 1 is 1.14 bits per heavy atom. The van der Waals surface area contributed by atoms with Gasteiger partial charge in [-0.05, 0) is 51.2 Å². The van der Waals surface area contributed by atoms with Gasteiger partial charge < -0.3 is 13.9 Å². The van der Waals surface area contributed by atoms with E-state index in [1.807, 2.05) is 12.5 Å². The predicted molar refractivity (Wildman–Crippen MR) is 88.2 cm³/mol.